The molecule has 0 unspecified atom stereocenters. The van der Waals surface area contributed by atoms with Gasteiger partial charge in [-0.2, -0.15) is 0 Å². The predicted octanol–water partition coefficient (Wildman–Crippen LogP) is 7.16. The van der Waals surface area contributed by atoms with Crippen LogP contribution in [0.1, 0.15) is 79.0 Å². The quantitative estimate of drug-likeness (QED) is 0.266. The first kappa shape index (κ1) is 22.9. The lowest BCUT2D eigenvalue weighted by molar-refractivity contribution is 0.368. The molecule has 0 heterocycles. The van der Waals surface area contributed by atoms with E-state index >= 15 is 0 Å². The van der Waals surface area contributed by atoms with Crippen molar-refractivity contribution in [2.24, 2.45) is 0 Å². The summed E-state index contributed by atoms with van der Waals surface area (Å²) in [6, 6.07) is 9.37. The molecule has 1 rings (SSSR count). The van der Waals surface area contributed by atoms with Crippen LogP contribution < -0.4 is 0 Å². The Balaban J connectivity index is 0.000000922. The van der Waals surface area contributed by atoms with Gasteiger partial charge in [-0.3, -0.25) is 0 Å². The zero-order chi connectivity index (χ0) is 19.6. The van der Waals surface area contributed by atoms with E-state index in [-0.39, 0.29) is 16.2 Å². The van der Waals surface area contributed by atoms with Crippen molar-refractivity contribution in [3.05, 3.63) is 41.0 Å². The molecule has 0 aliphatic heterocycles. The third-order valence-electron chi connectivity index (χ3n) is 3.66. The van der Waals surface area contributed by atoms with E-state index in [0.717, 1.165) is 0 Å². The predicted molar refractivity (Wildman–Crippen MR) is 97.1 cm³/mol. The van der Waals surface area contributed by atoms with Crippen molar-refractivity contribution in [1.29, 1.82) is 0 Å². The first-order valence-electron chi connectivity index (χ1n) is 8.19. The molecule has 0 aliphatic rings. The molecule has 5 heteroatoms. The Labute approximate surface area is 144 Å². The highest BCUT2D eigenvalue weighted by atomic mass is 19.5. The van der Waals surface area contributed by atoms with E-state index in [0.29, 0.717) is 0 Å². The summed E-state index contributed by atoms with van der Waals surface area (Å²) in [6.45, 7) is 20.6. The van der Waals surface area contributed by atoms with Crippen LogP contribution >= 0.6 is 0 Å². The monoisotopic (exact) mass is 346 g/mol. The number of rotatable bonds is 0. The van der Waals surface area contributed by atoms with Gasteiger partial charge in [0.15, 0.2) is 0 Å². The Morgan fingerprint density at radius 3 is 1.33 bits per heavy atom. The van der Waals surface area contributed by atoms with Crippen LogP contribution in [-0.4, -0.2) is 7.25 Å². The van der Waals surface area contributed by atoms with Crippen molar-refractivity contribution in [3.63, 3.8) is 0 Å². The van der Waals surface area contributed by atoms with E-state index in [1.54, 1.807) is 0 Å². The molecule has 0 radical (unpaired) electrons. The van der Waals surface area contributed by atoms with Crippen LogP contribution in [0.3, 0.4) is 0 Å². The van der Waals surface area contributed by atoms with E-state index in [1.807, 2.05) is 0 Å². The molecule has 0 N–H and O–H groups in total. The fraction of sp³-hybridized carbons (Fsp3) is 0.632. The second kappa shape index (κ2) is 7.41. The highest BCUT2D eigenvalue weighted by molar-refractivity contribution is 6.50. The van der Waals surface area contributed by atoms with Gasteiger partial charge in [0.2, 0.25) is 0 Å². The summed E-state index contributed by atoms with van der Waals surface area (Å²) >= 11 is 0. The Morgan fingerprint density at radius 2 is 1.04 bits per heavy atom. The summed E-state index contributed by atoms with van der Waals surface area (Å²) in [5.74, 6) is 0. The standard InChI is InChI=1S/C19H31.BF4/c1-17(2,3)14-10-11-15(18(4,5)6)13-16(12-14)19(7,8)9;2-1(3,4)5/h10-13H,1-9H3;/q+1;-1. The zero-order valence-corrected chi connectivity index (χ0v) is 16.4. The molecule has 138 valence electrons. The molecule has 0 saturated carbocycles. The third kappa shape index (κ3) is 9.24. The topological polar surface area (TPSA) is 0 Å². The van der Waals surface area contributed by atoms with Gasteiger partial charge in [0.05, 0.1) is 11.6 Å². The minimum atomic E-state index is -6.00. The lowest BCUT2D eigenvalue weighted by Gasteiger charge is -2.19. The van der Waals surface area contributed by atoms with Crippen molar-refractivity contribution >= 4 is 7.25 Å². The summed E-state index contributed by atoms with van der Waals surface area (Å²) < 4.78 is 39.0. The van der Waals surface area contributed by atoms with Crippen LogP contribution in [0.5, 0.6) is 0 Å². The summed E-state index contributed by atoms with van der Waals surface area (Å²) in [4.78, 5) is 0. The Kier molecular flexibility index (Phi) is 7.06. The molecule has 0 spiro atoms. The van der Waals surface area contributed by atoms with Crippen molar-refractivity contribution in [3.8, 4) is 0 Å². The third-order valence-corrected chi connectivity index (χ3v) is 3.66. The lowest BCUT2D eigenvalue weighted by atomic mass is 9.82. The molecule has 0 bridgehead atoms. The fourth-order valence-corrected chi connectivity index (χ4v) is 2.02. The number of hydrogen-bond acceptors (Lipinski definition) is 0. The molecule has 0 aromatic heterocycles. The van der Waals surface area contributed by atoms with Crippen molar-refractivity contribution in [2.75, 3.05) is 0 Å². The molecule has 1 aromatic rings. The van der Waals surface area contributed by atoms with Gasteiger partial charge in [-0.15, -0.1) is 0 Å². The first-order chi connectivity index (χ1) is 10.3. The molecule has 0 aliphatic carbocycles. The summed E-state index contributed by atoms with van der Waals surface area (Å²) in [6.07, 6.45) is 0. The number of hydrogen-bond donors (Lipinski definition) is 0. The number of halogens is 4. The van der Waals surface area contributed by atoms with E-state index in [2.05, 4.69) is 86.6 Å². The summed E-state index contributed by atoms with van der Waals surface area (Å²) in [7, 11) is -6.00. The maximum Gasteiger partial charge on any atom is 0.673 e. The van der Waals surface area contributed by atoms with Crippen LogP contribution in [0, 0.1) is 0 Å². The molecule has 0 atom stereocenters. The van der Waals surface area contributed by atoms with Crippen LogP contribution in [-0.2, 0) is 16.2 Å². The van der Waals surface area contributed by atoms with Crippen LogP contribution in [0.2, 0.25) is 0 Å². The maximum atomic E-state index is 9.75. The van der Waals surface area contributed by atoms with Gasteiger partial charge in [-0.1, -0.05) is 41.5 Å². The van der Waals surface area contributed by atoms with Crippen LogP contribution in [0.25, 0.3) is 0 Å². The molecule has 0 saturated heterocycles. The second-order valence-corrected chi connectivity index (χ2v) is 9.23. The van der Waals surface area contributed by atoms with Gasteiger partial charge in [0.1, 0.15) is 0 Å². The summed E-state index contributed by atoms with van der Waals surface area (Å²) in [5.41, 5.74) is 4.80. The highest BCUT2D eigenvalue weighted by Crippen LogP contribution is 2.31. The van der Waals surface area contributed by atoms with E-state index in [9.17, 15) is 17.3 Å². The van der Waals surface area contributed by atoms with Crippen LogP contribution in [0.4, 0.5) is 17.3 Å². The minimum absolute atomic E-state index is 0.180. The normalized spacial score (nSPS) is 13.2. The zero-order valence-electron chi connectivity index (χ0n) is 16.4. The SMILES string of the molecule is CC(C)(C)c1c[cH+]c(C(C)(C)C)cc(C(C)(C)C)c1.F[B-](F)(F)F. The van der Waals surface area contributed by atoms with Crippen molar-refractivity contribution < 1.29 is 17.3 Å². The van der Waals surface area contributed by atoms with Crippen molar-refractivity contribution in [1.82, 2.24) is 0 Å². The maximum absolute atomic E-state index is 9.75. The van der Waals surface area contributed by atoms with Gasteiger partial charge in [-0.05, 0) is 20.8 Å². The average molecular weight is 346 g/mol. The van der Waals surface area contributed by atoms with Gasteiger partial charge >= 0.3 is 7.25 Å². The Bertz CT molecular complexity index is 504. The molecule has 1 aromatic carbocycles. The van der Waals surface area contributed by atoms with E-state index < -0.39 is 7.25 Å². The molecule has 0 nitrogen and oxygen atoms in total. The lowest BCUT2D eigenvalue weighted by Crippen LogP contribution is -2.15. The van der Waals surface area contributed by atoms with Crippen molar-refractivity contribution in [2.45, 2.75) is 78.6 Å². The Hall–Kier alpha value is -1.13. The van der Waals surface area contributed by atoms with E-state index in [1.165, 1.54) is 16.7 Å². The minimum Gasteiger partial charge on any atom is -0.418 e. The summed E-state index contributed by atoms with van der Waals surface area (Å²) in [5, 5.41) is 0. The molecular weight excluding hydrogens is 315 g/mol. The van der Waals surface area contributed by atoms with E-state index in [4.69, 9.17) is 0 Å². The van der Waals surface area contributed by atoms with Gasteiger partial charge in [-0.25, -0.2) is 0 Å². The Morgan fingerprint density at radius 1 is 0.667 bits per heavy atom. The largest absolute Gasteiger partial charge is 0.673 e. The highest BCUT2D eigenvalue weighted by Gasteiger charge is 2.26. The second-order valence-electron chi connectivity index (χ2n) is 9.23. The molecular formula is C19H31BF4. The van der Waals surface area contributed by atoms with Gasteiger partial charge in [0.25, 0.3) is 0 Å². The van der Waals surface area contributed by atoms with Gasteiger partial charge < -0.3 is 17.3 Å². The molecule has 0 fully saturated rings. The average Bonchev–Trinajstić information content (AvgIpc) is 2.45. The fourth-order valence-electron chi connectivity index (χ4n) is 2.02. The van der Waals surface area contributed by atoms with Crippen LogP contribution in [0.15, 0.2) is 24.3 Å². The first-order valence-corrected chi connectivity index (χ1v) is 8.19. The van der Waals surface area contributed by atoms with Gasteiger partial charge in [0, 0.05) is 45.6 Å². The molecule has 0 amide bonds. The smallest absolute Gasteiger partial charge is 0.418 e. The molecule has 24 heavy (non-hydrogen) atoms.